The maximum atomic E-state index is 11.8. The van der Waals surface area contributed by atoms with Crippen molar-refractivity contribution in [2.24, 2.45) is 22.6 Å². The fourth-order valence-electron chi connectivity index (χ4n) is 6.09. The highest BCUT2D eigenvalue weighted by molar-refractivity contribution is 5.98. The van der Waals surface area contributed by atoms with Gasteiger partial charge >= 0.3 is 0 Å². The summed E-state index contributed by atoms with van der Waals surface area (Å²) in [5, 5.41) is 7.25. The van der Waals surface area contributed by atoms with Crippen LogP contribution in [-0.2, 0) is 0 Å². The number of ketones is 1. The van der Waals surface area contributed by atoms with E-state index >= 15 is 0 Å². The topological polar surface area (TPSA) is 79.5 Å². The first kappa shape index (κ1) is 24.3. The number of anilines is 1. The number of guanidine groups is 1. The van der Waals surface area contributed by atoms with Gasteiger partial charge in [-0.2, -0.15) is 0 Å². The van der Waals surface area contributed by atoms with Gasteiger partial charge in [0.25, 0.3) is 0 Å². The second-order valence-electron chi connectivity index (χ2n) is 10.9. The highest BCUT2D eigenvalue weighted by atomic mass is 16.1. The maximum absolute atomic E-state index is 11.8. The van der Waals surface area contributed by atoms with E-state index in [1.807, 2.05) is 24.3 Å². The lowest BCUT2D eigenvalue weighted by Gasteiger charge is -2.33. The van der Waals surface area contributed by atoms with Crippen LogP contribution in [0.1, 0.15) is 107 Å². The van der Waals surface area contributed by atoms with Crippen LogP contribution in [-0.4, -0.2) is 29.9 Å². The van der Waals surface area contributed by atoms with Crippen molar-refractivity contribution in [3.8, 4) is 0 Å². The third kappa shape index (κ3) is 7.56. The van der Waals surface area contributed by atoms with Gasteiger partial charge in [0.1, 0.15) is 0 Å². The van der Waals surface area contributed by atoms with Crippen molar-refractivity contribution in [2.45, 2.75) is 115 Å². The Labute approximate surface area is 200 Å². The van der Waals surface area contributed by atoms with Crippen molar-refractivity contribution in [2.75, 3.05) is 5.32 Å². The van der Waals surface area contributed by atoms with Crippen molar-refractivity contribution in [1.29, 1.82) is 0 Å². The standard InChI is InChI=1S/C28H44N4O/c1-20(33)23-6-5-9-27(19-23)32-28(30-25-7-3-2-4-8-25)31-26-16-12-22(13-17-26)18-21-10-14-24(29)15-11-21/h5-6,9,19,21-22,24-26H,2-4,7-8,10-18,29H2,1H3,(H2,30,31,32). The van der Waals surface area contributed by atoms with Crippen LogP contribution in [0, 0.1) is 11.8 Å². The molecule has 4 rings (SSSR count). The Hall–Kier alpha value is -1.88. The van der Waals surface area contributed by atoms with E-state index in [1.54, 1.807) is 6.92 Å². The molecule has 3 fully saturated rings. The molecule has 0 bridgehead atoms. The summed E-state index contributed by atoms with van der Waals surface area (Å²) in [4.78, 5) is 17.0. The molecule has 3 saturated carbocycles. The number of nitrogens with one attached hydrogen (secondary N) is 2. The highest BCUT2D eigenvalue weighted by Crippen LogP contribution is 2.35. The zero-order chi connectivity index (χ0) is 23.0. The van der Waals surface area contributed by atoms with Crippen LogP contribution in [0.15, 0.2) is 29.3 Å². The Morgan fingerprint density at radius 2 is 1.61 bits per heavy atom. The first-order chi connectivity index (χ1) is 16.0. The number of hydrogen-bond acceptors (Lipinski definition) is 3. The van der Waals surface area contributed by atoms with Crippen molar-refractivity contribution < 1.29 is 4.79 Å². The summed E-state index contributed by atoms with van der Waals surface area (Å²) in [6, 6.07) is 9.11. The van der Waals surface area contributed by atoms with Crippen LogP contribution < -0.4 is 16.4 Å². The molecule has 0 heterocycles. The summed E-state index contributed by atoms with van der Waals surface area (Å²) in [6.07, 6.45) is 17.8. The van der Waals surface area contributed by atoms with Gasteiger partial charge in [-0.3, -0.25) is 4.79 Å². The molecule has 1 aromatic carbocycles. The monoisotopic (exact) mass is 452 g/mol. The van der Waals surface area contributed by atoms with Crippen molar-refractivity contribution in [3.05, 3.63) is 29.8 Å². The fourth-order valence-corrected chi connectivity index (χ4v) is 6.09. The predicted molar refractivity (Wildman–Crippen MR) is 138 cm³/mol. The summed E-state index contributed by atoms with van der Waals surface area (Å²) >= 11 is 0. The minimum atomic E-state index is 0.0932. The summed E-state index contributed by atoms with van der Waals surface area (Å²) in [7, 11) is 0. The van der Waals surface area contributed by atoms with Gasteiger partial charge in [-0.15, -0.1) is 0 Å². The van der Waals surface area contributed by atoms with Crippen molar-refractivity contribution >= 4 is 17.4 Å². The Morgan fingerprint density at radius 1 is 0.939 bits per heavy atom. The van der Waals surface area contributed by atoms with Crippen LogP contribution in [0.2, 0.25) is 0 Å². The van der Waals surface area contributed by atoms with Crippen LogP contribution in [0.3, 0.4) is 0 Å². The van der Waals surface area contributed by atoms with Gasteiger partial charge in [-0.1, -0.05) is 31.4 Å². The largest absolute Gasteiger partial charge is 0.353 e. The molecule has 182 valence electrons. The number of rotatable bonds is 6. The van der Waals surface area contributed by atoms with E-state index in [-0.39, 0.29) is 5.78 Å². The Balaban J connectivity index is 1.36. The number of carbonyl (C=O) groups excluding carboxylic acids is 1. The zero-order valence-corrected chi connectivity index (χ0v) is 20.5. The van der Waals surface area contributed by atoms with Gasteiger partial charge in [-0.25, -0.2) is 4.99 Å². The number of nitrogens with zero attached hydrogens (tertiary/aromatic N) is 1. The minimum absolute atomic E-state index is 0.0932. The van der Waals surface area contributed by atoms with Crippen molar-refractivity contribution in [3.63, 3.8) is 0 Å². The molecule has 5 heteroatoms. The van der Waals surface area contributed by atoms with Crippen LogP contribution >= 0.6 is 0 Å². The summed E-state index contributed by atoms with van der Waals surface area (Å²) in [5.74, 6) is 2.75. The summed E-state index contributed by atoms with van der Waals surface area (Å²) in [6.45, 7) is 1.62. The molecular formula is C28H44N4O. The molecule has 0 aliphatic heterocycles. The molecule has 0 radical (unpaired) electrons. The first-order valence-corrected chi connectivity index (χ1v) is 13.5. The Morgan fingerprint density at radius 3 is 2.27 bits per heavy atom. The Bertz CT molecular complexity index is 785. The first-order valence-electron chi connectivity index (χ1n) is 13.5. The SMILES string of the molecule is CC(=O)c1cccc(NC(=NC2CCC(CC3CCC(N)CC3)CC2)NC2CCCCC2)c1. The summed E-state index contributed by atoms with van der Waals surface area (Å²) in [5.41, 5.74) is 7.77. The van der Waals surface area contributed by atoms with Crippen LogP contribution in [0.4, 0.5) is 5.69 Å². The number of aliphatic imine (C=N–C) groups is 1. The van der Waals surface area contributed by atoms with E-state index in [0.29, 0.717) is 18.1 Å². The number of benzene rings is 1. The number of hydrogen-bond donors (Lipinski definition) is 3. The molecule has 3 aliphatic rings. The molecule has 0 amide bonds. The van der Waals surface area contributed by atoms with Gasteiger partial charge in [-0.05, 0) is 102 Å². The molecule has 0 aromatic heterocycles. The minimum Gasteiger partial charge on any atom is -0.353 e. The lowest BCUT2D eigenvalue weighted by atomic mass is 9.76. The molecule has 4 N–H and O–H groups in total. The lowest BCUT2D eigenvalue weighted by molar-refractivity contribution is 0.101. The Kier molecular flexibility index (Phi) is 8.82. The van der Waals surface area contributed by atoms with Crippen molar-refractivity contribution in [1.82, 2.24) is 5.32 Å². The second-order valence-corrected chi connectivity index (χ2v) is 10.9. The fraction of sp³-hybridized carbons (Fsp3) is 0.714. The van der Waals surface area contributed by atoms with Gasteiger partial charge in [0.2, 0.25) is 0 Å². The molecule has 0 spiro atoms. The van der Waals surface area contributed by atoms with Gasteiger partial charge in [0.15, 0.2) is 11.7 Å². The second kappa shape index (κ2) is 12.0. The van der Waals surface area contributed by atoms with Gasteiger partial charge < -0.3 is 16.4 Å². The van der Waals surface area contributed by atoms with E-state index in [9.17, 15) is 4.79 Å². The smallest absolute Gasteiger partial charge is 0.196 e. The van der Waals surface area contributed by atoms with E-state index in [4.69, 9.17) is 10.7 Å². The van der Waals surface area contributed by atoms with E-state index in [2.05, 4.69) is 10.6 Å². The lowest BCUT2D eigenvalue weighted by Crippen LogP contribution is -2.41. The van der Waals surface area contributed by atoms with Crippen LogP contribution in [0.5, 0.6) is 0 Å². The molecule has 3 aliphatic carbocycles. The maximum Gasteiger partial charge on any atom is 0.196 e. The molecule has 33 heavy (non-hydrogen) atoms. The van der Waals surface area contributed by atoms with E-state index < -0.39 is 0 Å². The zero-order valence-electron chi connectivity index (χ0n) is 20.5. The van der Waals surface area contributed by atoms with E-state index in [1.165, 1.54) is 89.9 Å². The van der Waals surface area contributed by atoms with Crippen LogP contribution in [0.25, 0.3) is 0 Å². The molecule has 5 nitrogen and oxygen atoms in total. The van der Waals surface area contributed by atoms with Gasteiger partial charge in [0.05, 0.1) is 6.04 Å². The number of nitrogens with two attached hydrogens (primary N) is 1. The number of carbonyl (C=O) groups is 1. The molecule has 0 unspecified atom stereocenters. The average molecular weight is 453 g/mol. The quantitative estimate of drug-likeness (QED) is 0.279. The average Bonchev–Trinajstić information content (AvgIpc) is 2.82. The summed E-state index contributed by atoms with van der Waals surface area (Å²) < 4.78 is 0. The van der Waals surface area contributed by atoms with E-state index in [0.717, 1.165) is 29.0 Å². The molecule has 1 aromatic rings. The van der Waals surface area contributed by atoms with Gasteiger partial charge in [0, 0.05) is 23.3 Å². The normalized spacial score (nSPS) is 29.5. The number of Topliss-reactive ketones (excluding diaryl/α,β-unsaturated/α-hetero) is 1. The molecular weight excluding hydrogens is 408 g/mol. The molecule has 0 saturated heterocycles. The highest BCUT2D eigenvalue weighted by Gasteiger charge is 2.26. The predicted octanol–water partition coefficient (Wildman–Crippen LogP) is 6.05. The molecule has 0 atom stereocenters. The third-order valence-corrected chi connectivity index (χ3v) is 8.16. The third-order valence-electron chi connectivity index (χ3n) is 8.16.